The molecule has 0 bridgehead atoms. The average Bonchev–Trinajstić information content (AvgIpc) is 2.46. The van der Waals surface area contributed by atoms with Gasteiger partial charge in [0.2, 0.25) is 0 Å². The van der Waals surface area contributed by atoms with Crippen molar-refractivity contribution in [1.29, 1.82) is 0 Å². The van der Waals surface area contributed by atoms with Gasteiger partial charge in [-0.3, -0.25) is 4.79 Å². The van der Waals surface area contributed by atoms with Gasteiger partial charge in [-0.05, 0) is 52.4 Å². The van der Waals surface area contributed by atoms with Gasteiger partial charge in [0.05, 0.1) is 5.92 Å². The molecule has 1 aliphatic rings. The van der Waals surface area contributed by atoms with Gasteiger partial charge in [-0.25, -0.2) is 9.97 Å². The van der Waals surface area contributed by atoms with E-state index in [1.807, 2.05) is 13.8 Å². The molecule has 116 valence electrons. The molecular formula is C17H26N2O2. The summed E-state index contributed by atoms with van der Waals surface area (Å²) in [5, 5.41) is 9.20. The average molecular weight is 290 g/mol. The molecule has 1 aromatic rings. The summed E-state index contributed by atoms with van der Waals surface area (Å²) >= 11 is 0. The van der Waals surface area contributed by atoms with E-state index in [1.165, 1.54) is 19.3 Å². The second-order valence-corrected chi connectivity index (χ2v) is 6.35. The van der Waals surface area contributed by atoms with Crippen LogP contribution in [0.15, 0.2) is 0 Å². The van der Waals surface area contributed by atoms with Crippen LogP contribution >= 0.6 is 0 Å². The SMILES string of the molecule is CCC1CCC(c2nc(C)c(C(C)C(=O)O)c(C)n2)CC1. The summed E-state index contributed by atoms with van der Waals surface area (Å²) in [6.07, 6.45) is 6.10. The Bertz CT molecular complexity index is 497. The monoisotopic (exact) mass is 290 g/mol. The highest BCUT2D eigenvalue weighted by atomic mass is 16.4. The fourth-order valence-corrected chi connectivity index (χ4v) is 3.51. The maximum Gasteiger partial charge on any atom is 0.310 e. The van der Waals surface area contributed by atoms with Crippen LogP contribution in [0.25, 0.3) is 0 Å². The summed E-state index contributed by atoms with van der Waals surface area (Å²) < 4.78 is 0. The topological polar surface area (TPSA) is 63.1 Å². The summed E-state index contributed by atoms with van der Waals surface area (Å²) in [6, 6.07) is 0. The number of carboxylic acids is 1. The number of aryl methyl sites for hydroxylation is 2. The van der Waals surface area contributed by atoms with Crippen molar-refractivity contribution in [3.05, 3.63) is 22.8 Å². The maximum atomic E-state index is 11.2. The summed E-state index contributed by atoms with van der Waals surface area (Å²) in [5.74, 6) is 0.853. The van der Waals surface area contributed by atoms with Gasteiger partial charge >= 0.3 is 5.97 Å². The summed E-state index contributed by atoms with van der Waals surface area (Å²) in [7, 11) is 0. The van der Waals surface area contributed by atoms with Gasteiger partial charge in [-0.15, -0.1) is 0 Å². The minimum Gasteiger partial charge on any atom is -0.481 e. The molecule has 0 amide bonds. The van der Waals surface area contributed by atoms with Crippen LogP contribution in [-0.2, 0) is 4.79 Å². The number of aromatic nitrogens is 2. The van der Waals surface area contributed by atoms with Crippen LogP contribution < -0.4 is 0 Å². The first-order chi connectivity index (χ1) is 9.93. The van der Waals surface area contributed by atoms with Gasteiger partial charge in [-0.2, -0.15) is 0 Å². The van der Waals surface area contributed by atoms with Gasteiger partial charge in [0.1, 0.15) is 5.82 Å². The first-order valence-electron chi connectivity index (χ1n) is 8.01. The number of hydrogen-bond donors (Lipinski definition) is 1. The van der Waals surface area contributed by atoms with Gasteiger partial charge in [0.25, 0.3) is 0 Å². The molecule has 0 spiro atoms. The van der Waals surface area contributed by atoms with E-state index in [4.69, 9.17) is 0 Å². The third-order valence-electron chi connectivity index (χ3n) is 4.94. The molecule has 1 heterocycles. The molecular weight excluding hydrogens is 264 g/mol. The van der Waals surface area contributed by atoms with Crippen LogP contribution in [0.5, 0.6) is 0 Å². The summed E-state index contributed by atoms with van der Waals surface area (Å²) in [5.41, 5.74) is 2.42. The molecule has 1 fully saturated rings. The van der Waals surface area contributed by atoms with Crippen LogP contribution in [0.3, 0.4) is 0 Å². The van der Waals surface area contributed by atoms with Crippen molar-refractivity contribution in [3.63, 3.8) is 0 Å². The Balaban J connectivity index is 2.22. The largest absolute Gasteiger partial charge is 0.481 e. The molecule has 1 aliphatic carbocycles. The van der Waals surface area contributed by atoms with Crippen molar-refractivity contribution in [1.82, 2.24) is 9.97 Å². The number of nitrogens with zero attached hydrogens (tertiary/aromatic N) is 2. The Hall–Kier alpha value is -1.45. The van der Waals surface area contributed by atoms with Crippen LogP contribution in [0.2, 0.25) is 0 Å². The van der Waals surface area contributed by atoms with Crippen molar-refractivity contribution < 1.29 is 9.90 Å². The molecule has 1 N–H and O–H groups in total. The second-order valence-electron chi connectivity index (χ2n) is 6.35. The molecule has 21 heavy (non-hydrogen) atoms. The smallest absolute Gasteiger partial charge is 0.310 e. The number of carbonyl (C=O) groups is 1. The van der Waals surface area contributed by atoms with E-state index in [-0.39, 0.29) is 0 Å². The van der Waals surface area contributed by atoms with E-state index in [2.05, 4.69) is 16.9 Å². The molecule has 4 heteroatoms. The fraction of sp³-hybridized carbons (Fsp3) is 0.706. The van der Waals surface area contributed by atoms with Crippen LogP contribution in [0, 0.1) is 19.8 Å². The van der Waals surface area contributed by atoms with Crippen LogP contribution in [0.1, 0.15) is 80.6 Å². The van der Waals surface area contributed by atoms with Gasteiger partial charge in [-0.1, -0.05) is 13.3 Å². The molecule has 0 aliphatic heterocycles. The minimum atomic E-state index is -0.819. The maximum absolute atomic E-state index is 11.2. The zero-order valence-electron chi connectivity index (χ0n) is 13.5. The molecule has 4 nitrogen and oxygen atoms in total. The summed E-state index contributed by atoms with van der Waals surface area (Å²) in [4.78, 5) is 20.5. The van der Waals surface area contributed by atoms with Crippen LogP contribution in [-0.4, -0.2) is 21.0 Å². The Labute approximate surface area is 127 Å². The molecule has 1 atom stereocenters. The third kappa shape index (κ3) is 3.42. The lowest BCUT2D eigenvalue weighted by molar-refractivity contribution is -0.138. The van der Waals surface area contributed by atoms with Crippen LogP contribution in [0.4, 0.5) is 0 Å². The lowest BCUT2D eigenvalue weighted by Crippen LogP contribution is -2.18. The van der Waals surface area contributed by atoms with Gasteiger partial charge in [0, 0.05) is 22.9 Å². The lowest BCUT2D eigenvalue weighted by atomic mass is 9.80. The van der Waals surface area contributed by atoms with Crippen molar-refractivity contribution in [2.24, 2.45) is 5.92 Å². The lowest BCUT2D eigenvalue weighted by Gasteiger charge is -2.27. The first kappa shape index (κ1) is 15.9. The normalized spacial score (nSPS) is 23.8. The first-order valence-corrected chi connectivity index (χ1v) is 8.01. The highest BCUT2D eigenvalue weighted by molar-refractivity contribution is 5.76. The van der Waals surface area contributed by atoms with E-state index in [9.17, 15) is 9.90 Å². The predicted octanol–water partition coefficient (Wildman–Crippen LogP) is 3.97. The van der Waals surface area contributed by atoms with Crippen molar-refractivity contribution >= 4 is 5.97 Å². The number of hydrogen-bond acceptors (Lipinski definition) is 3. The Kier molecular flexibility index (Phi) is 4.96. The number of carboxylic acid groups (broad SMARTS) is 1. The fourth-order valence-electron chi connectivity index (χ4n) is 3.51. The Morgan fingerprint density at radius 3 is 2.14 bits per heavy atom. The quantitative estimate of drug-likeness (QED) is 0.911. The molecule has 1 saturated carbocycles. The van der Waals surface area contributed by atoms with Crippen molar-refractivity contribution in [2.75, 3.05) is 0 Å². The third-order valence-corrected chi connectivity index (χ3v) is 4.94. The molecule has 0 saturated heterocycles. The van der Waals surface area contributed by atoms with Gasteiger partial charge in [0.15, 0.2) is 0 Å². The summed E-state index contributed by atoms with van der Waals surface area (Å²) in [6.45, 7) is 7.78. The zero-order chi connectivity index (χ0) is 15.6. The van der Waals surface area contributed by atoms with Crippen molar-refractivity contribution in [3.8, 4) is 0 Å². The highest BCUT2D eigenvalue weighted by Gasteiger charge is 2.26. The van der Waals surface area contributed by atoms with E-state index >= 15 is 0 Å². The number of aliphatic carboxylic acids is 1. The second kappa shape index (κ2) is 6.54. The minimum absolute atomic E-state index is 0.444. The molecule has 1 unspecified atom stereocenters. The highest BCUT2D eigenvalue weighted by Crippen LogP contribution is 2.36. The zero-order valence-corrected chi connectivity index (χ0v) is 13.5. The molecule has 0 aromatic carbocycles. The Morgan fingerprint density at radius 1 is 1.19 bits per heavy atom. The number of rotatable bonds is 4. The van der Waals surface area contributed by atoms with Crippen molar-refractivity contribution in [2.45, 2.75) is 71.6 Å². The van der Waals surface area contributed by atoms with E-state index in [0.29, 0.717) is 5.92 Å². The molecule has 0 radical (unpaired) electrons. The molecule has 2 rings (SSSR count). The van der Waals surface area contributed by atoms with E-state index in [0.717, 1.165) is 41.5 Å². The predicted molar refractivity (Wildman–Crippen MR) is 82.5 cm³/mol. The van der Waals surface area contributed by atoms with E-state index < -0.39 is 11.9 Å². The standard InChI is InChI=1S/C17H26N2O2/c1-5-13-6-8-14(9-7-13)16-18-11(3)15(12(4)19-16)10(2)17(20)21/h10,13-14H,5-9H2,1-4H3,(H,20,21). The van der Waals surface area contributed by atoms with E-state index in [1.54, 1.807) is 6.92 Å². The Morgan fingerprint density at radius 2 is 1.71 bits per heavy atom. The molecule has 1 aromatic heterocycles. The van der Waals surface area contributed by atoms with Gasteiger partial charge < -0.3 is 5.11 Å².